The Hall–Kier alpha value is -2.21. The Morgan fingerprint density at radius 3 is 2.48 bits per heavy atom. The monoisotopic (exact) mass is 350 g/mol. The largest absolute Gasteiger partial charge is 0.496 e. The van der Waals surface area contributed by atoms with Crippen LogP contribution in [0, 0.1) is 0 Å². The van der Waals surface area contributed by atoms with Gasteiger partial charge in [-0.1, -0.05) is 15.9 Å². The molecule has 0 aliphatic carbocycles. The number of anilines is 2. The number of nitrogen functional groups attached to an aromatic ring is 1. The zero-order valence-electron chi connectivity index (χ0n) is 11.6. The molecule has 3 N–H and O–H groups in total. The van der Waals surface area contributed by atoms with Gasteiger partial charge in [-0.15, -0.1) is 0 Å². The molecule has 6 heteroatoms. The SMILES string of the molecule is COc1ccc(Br)cc1NC(=O)c1ccc(N)cc1OC. The number of nitrogens with one attached hydrogen (secondary N) is 1. The van der Waals surface area contributed by atoms with Gasteiger partial charge < -0.3 is 20.5 Å². The van der Waals surface area contributed by atoms with E-state index in [-0.39, 0.29) is 5.91 Å². The molecule has 1 amide bonds. The highest BCUT2D eigenvalue weighted by Gasteiger charge is 2.15. The van der Waals surface area contributed by atoms with Gasteiger partial charge in [0.15, 0.2) is 0 Å². The van der Waals surface area contributed by atoms with Gasteiger partial charge in [0.05, 0.1) is 25.5 Å². The number of hydrogen-bond acceptors (Lipinski definition) is 4. The van der Waals surface area contributed by atoms with Gasteiger partial charge >= 0.3 is 0 Å². The summed E-state index contributed by atoms with van der Waals surface area (Å²) in [5.74, 6) is 0.686. The molecule has 0 radical (unpaired) electrons. The molecule has 0 bridgehead atoms. The van der Waals surface area contributed by atoms with Gasteiger partial charge in [-0.05, 0) is 30.3 Å². The van der Waals surface area contributed by atoms with Crippen molar-refractivity contribution in [1.82, 2.24) is 0 Å². The van der Waals surface area contributed by atoms with E-state index in [9.17, 15) is 4.79 Å². The first-order valence-electron chi connectivity index (χ1n) is 6.13. The van der Waals surface area contributed by atoms with Crippen molar-refractivity contribution in [3.8, 4) is 11.5 Å². The summed E-state index contributed by atoms with van der Waals surface area (Å²) in [6.07, 6.45) is 0. The first-order valence-corrected chi connectivity index (χ1v) is 6.93. The fourth-order valence-electron chi connectivity index (χ4n) is 1.86. The average molecular weight is 351 g/mol. The lowest BCUT2D eigenvalue weighted by Crippen LogP contribution is -2.14. The number of nitrogens with two attached hydrogens (primary N) is 1. The molecule has 0 heterocycles. The van der Waals surface area contributed by atoms with E-state index in [1.807, 2.05) is 6.07 Å². The van der Waals surface area contributed by atoms with Crippen molar-refractivity contribution in [2.24, 2.45) is 0 Å². The van der Waals surface area contributed by atoms with E-state index in [0.717, 1.165) is 4.47 Å². The summed E-state index contributed by atoms with van der Waals surface area (Å²) in [6, 6.07) is 10.2. The summed E-state index contributed by atoms with van der Waals surface area (Å²) in [5.41, 5.74) is 7.18. The van der Waals surface area contributed by atoms with E-state index < -0.39 is 0 Å². The third-order valence-corrected chi connectivity index (χ3v) is 3.37. The van der Waals surface area contributed by atoms with Gasteiger partial charge in [0.1, 0.15) is 11.5 Å². The van der Waals surface area contributed by atoms with Crippen LogP contribution >= 0.6 is 15.9 Å². The summed E-state index contributed by atoms with van der Waals surface area (Å²) in [5, 5.41) is 2.80. The minimum absolute atomic E-state index is 0.303. The second kappa shape index (κ2) is 6.49. The van der Waals surface area contributed by atoms with Crippen LogP contribution in [0.1, 0.15) is 10.4 Å². The minimum atomic E-state index is -0.303. The van der Waals surface area contributed by atoms with Crippen molar-refractivity contribution in [1.29, 1.82) is 0 Å². The van der Waals surface area contributed by atoms with Gasteiger partial charge in [0.2, 0.25) is 0 Å². The van der Waals surface area contributed by atoms with E-state index in [2.05, 4.69) is 21.2 Å². The van der Waals surface area contributed by atoms with Crippen LogP contribution in [0.2, 0.25) is 0 Å². The van der Waals surface area contributed by atoms with Gasteiger partial charge in [-0.25, -0.2) is 0 Å². The lowest BCUT2D eigenvalue weighted by molar-refractivity contribution is 0.102. The van der Waals surface area contributed by atoms with Crippen molar-refractivity contribution in [2.45, 2.75) is 0 Å². The summed E-state index contributed by atoms with van der Waals surface area (Å²) in [6.45, 7) is 0. The van der Waals surface area contributed by atoms with Crippen LogP contribution in [0.25, 0.3) is 0 Å². The number of methoxy groups -OCH3 is 2. The van der Waals surface area contributed by atoms with Crippen LogP contribution in [-0.4, -0.2) is 20.1 Å². The molecule has 0 aliphatic heterocycles. The first-order chi connectivity index (χ1) is 10.0. The van der Waals surface area contributed by atoms with Crippen molar-refractivity contribution in [3.63, 3.8) is 0 Å². The molecule has 0 aliphatic rings. The highest BCUT2D eigenvalue weighted by Crippen LogP contribution is 2.29. The lowest BCUT2D eigenvalue weighted by Gasteiger charge is -2.12. The fraction of sp³-hybridized carbons (Fsp3) is 0.133. The Morgan fingerprint density at radius 2 is 1.81 bits per heavy atom. The number of amides is 1. The van der Waals surface area contributed by atoms with Gasteiger partial charge in [0, 0.05) is 16.2 Å². The Kier molecular flexibility index (Phi) is 4.70. The molecule has 0 fully saturated rings. The maximum Gasteiger partial charge on any atom is 0.259 e. The van der Waals surface area contributed by atoms with Crippen LogP contribution in [0.3, 0.4) is 0 Å². The third-order valence-electron chi connectivity index (χ3n) is 2.88. The summed E-state index contributed by atoms with van der Waals surface area (Å²) in [4.78, 5) is 12.4. The number of carbonyl (C=O) groups excluding carboxylic acids is 1. The maximum atomic E-state index is 12.4. The van der Waals surface area contributed by atoms with E-state index in [1.165, 1.54) is 7.11 Å². The molecule has 2 rings (SSSR count). The van der Waals surface area contributed by atoms with E-state index in [0.29, 0.717) is 28.4 Å². The average Bonchev–Trinajstić information content (AvgIpc) is 2.47. The Bertz CT molecular complexity index is 674. The second-order valence-electron chi connectivity index (χ2n) is 4.26. The zero-order valence-corrected chi connectivity index (χ0v) is 13.2. The fourth-order valence-corrected chi connectivity index (χ4v) is 2.22. The Morgan fingerprint density at radius 1 is 1.10 bits per heavy atom. The Balaban J connectivity index is 2.32. The summed E-state index contributed by atoms with van der Waals surface area (Å²) >= 11 is 3.36. The van der Waals surface area contributed by atoms with E-state index in [4.69, 9.17) is 15.2 Å². The highest BCUT2D eigenvalue weighted by atomic mass is 79.9. The second-order valence-corrected chi connectivity index (χ2v) is 5.17. The quantitative estimate of drug-likeness (QED) is 0.829. The zero-order chi connectivity index (χ0) is 15.4. The molecule has 0 atom stereocenters. The van der Waals surface area contributed by atoms with Crippen LogP contribution in [-0.2, 0) is 0 Å². The molecule has 0 unspecified atom stereocenters. The standard InChI is InChI=1S/C15H15BrN2O3/c1-20-13-6-3-9(16)7-12(13)18-15(19)11-5-4-10(17)8-14(11)21-2/h3-8H,17H2,1-2H3,(H,18,19). The minimum Gasteiger partial charge on any atom is -0.496 e. The predicted octanol–water partition coefficient (Wildman–Crippen LogP) is 3.30. The van der Waals surface area contributed by atoms with E-state index >= 15 is 0 Å². The Labute approximate surface area is 131 Å². The van der Waals surface area contributed by atoms with Crippen molar-refractivity contribution < 1.29 is 14.3 Å². The van der Waals surface area contributed by atoms with Crippen LogP contribution < -0.4 is 20.5 Å². The van der Waals surface area contributed by atoms with Crippen molar-refractivity contribution in [3.05, 3.63) is 46.4 Å². The third kappa shape index (κ3) is 3.46. The maximum absolute atomic E-state index is 12.4. The molecule has 2 aromatic carbocycles. The predicted molar refractivity (Wildman–Crippen MR) is 86.1 cm³/mol. The molecule has 0 saturated heterocycles. The smallest absolute Gasteiger partial charge is 0.259 e. The van der Waals surface area contributed by atoms with Crippen LogP contribution in [0.15, 0.2) is 40.9 Å². The number of rotatable bonds is 4. The topological polar surface area (TPSA) is 73.6 Å². The van der Waals surface area contributed by atoms with Crippen molar-refractivity contribution >= 4 is 33.2 Å². The molecule has 2 aromatic rings. The number of ether oxygens (including phenoxy) is 2. The molecule has 0 spiro atoms. The van der Waals surface area contributed by atoms with Crippen LogP contribution in [0.5, 0.6) is 11.5 Å². The molecular weight excluding hydrogens is 336 g/mol. The highest BCUT2D eigenvalue weighted by molar-refractivity contribution is 9.10. The molecule has 21 heavy (non-hydrogen) atoms. The van der Waals surface area contributed by atoms with E-state index in [1.54, 1.807) is 37.4 Å². The van der Waals surface area contributed by atoms with Gasteiger partial charge in [0.25, 0.3) is 5.91 Å². The number of hydrogen-bond donors (Lipinski definition) is 2. The molecule has 5 nitrogen and oxygen atoms in total. The van der Waals surface area contributed by atoms with Crippen LogP contribution in [0.4, 0.5) is 11.4 Å². The normalized spacial score (nSPS) is 10.0. The van der Waals surface area contributed by atoms with Gasteiger partial charge in [-0.3, -0.25) is 4.79 Å². The van der Waals surface area contributed by atoms with Crippen molar-refractivity contribution in [2.75, 3.05) is 25.3 Å². The molecular formula is C15H15BrN2O3. The summed E-state index contributed by atoms with van der Waals surface area (Å²) < 4.78 is 11.2. The number of carbonyl (C=O) groups is 1. The number of halogens is 1. The number of benzene rings is 2. The molecule has 110 valence electrons. The first kappa shape index (κ1) is 15.2. The summed E-state index contributed by atoms with van der Waals surface area (Å²) in [7, 11) is 3.04. The molecule has 0 aromatic heterocycles. The van der Waals surface area contributed by atoms with Gasteiger partial charge in [-0.2, -0.15) is 0 Å². The molecule has 0 saturated carbocycles. The lowest BCUT2D eigenvalue weighted by atomic mass is 10.1.